The summed E-state index contributed by atoms with van der Waals surface area (Å²) in [5.41, 5.74) is 2.48. The van der Waals surface area contributed by atoms with Gasteiger partial charge in [0.15, 0.2) is 0 Å². The third-order valence-electron chi connectivity index (χ3n) is 4.44. The summed E-state index contributed by atoms with van der Waals surface area (Å²) in [5.74, 6) is 0.583. The Morgan fingerprint density at radius 1 is 1.16 bits per heavy atom. The predicted octanol–water partition coefficient (Wildman–Crippen LogP) is 4.09. The van der Waals surface area contributed by atoms with Crippen molar-refractivity contribution in [2.45, 2.75) is 52.0 Å². The fraction of sp³-hybridized carbons (Fsp3) is 0.588. The van der Waals surface area contributed by atoms with Gasteiger partial charge in [0.25, 0.3) is 0 Å². The molecule has 1 fully saturated rings. The van der Waals surface area contributed by atoms with Gasteiger partial charge in [-0.3, -0.25) is 4.79 Å². The van der Waals surface area contributed by atoms with Gasteiger partial charge in [0.1, 0.15) is 0 Å². The van der Waals surface area contributed by atoms with Crippen LogP contribution in [0.5, 0.6) is 0 Å². The Morgan fingerprint density at radius 2 is 1.74 bits per heavy atom. The summed E-state index contributed by atoms with van der Waals surface area (Å²) in [6, 6.07) is 8.65. The van der Waals surface area contributed by atoms with Gasteiger partial charge in [0.2, 0.25) is 5.91 Å². The standard InChI is InChI=1S/C17H25NO/c1-13-9-11-15(12-10-13)14(2)18(3)17(19)16-7-5-4-6-8-16/h9-12,14,16H,4-8H2,1-3H3. The molecule has 0 aromatic heterocycles. The maximum absolute atomic E-state index is 12.5. The van der Waals surface area contributed by atoms with Crippen LogP contribution in [-0.4, -0.2) is 17.9 Å². The van der Waals surface area contributed by atoms with Crippen LogP contribution in [0.4, 0.5) is 0 Å². The van der Waals surface area contributed by atoms with E-state index < -0.39 is 0 Å². The maximum atomic E-state index is 12.5. The average Bonchev–Trinajstić information content (AvgIpc) is 2.46. The fourth-order valence-corrected chi connectivity index (χ4v) is 2.90. The molecule has 0 bridgehead atoms. The molecule has 2 nitrogen and oxygen atoms in total. The zero-order valence-corrected chi connectivity index (χ0v) is 12.4. The molecule has 1 aliphatic rings. The van der Waals surface area contributed by atoms with E-state index in [1.54, 1.807) is 0 Å². The SMILES string of the molecule is Cc1ccc(C(C)N(C)C(=O)C2CCCCC2)cc1. The van der Waals surface area contributed by atoms with Crippen LogP contribution >= 0.6 is 0 Å². The van der Waals surface area contributed by atoms with Crippen LogP contribution in [0.1, 0.15) is 56.2 Å². The zero-order chi connectivity index (χ0) is 13.8. The van der Waals surface area contributed by atoms with Gasteiger partial charge in [-0.05, 0) is 32.3 Å². The molecular formula is C17H25NO. The topological polar surface area (TPSA) is 20.3 Å². The molecule has 0 heterocycles. The second-order valence-corrected chi connectivity index (χ2v) is 5.87. The minimum atomic E-state index is 0.162. The summed E-state index contributed by atoms with van der Waals surface area (Å²) in [4.78, 5) is 14.4. The van der Waals surface area contributed by atoms with E-state index in [2.05, 4.69) is 38.1 Å². The molecule has 0 N–H and O–H groups in total. The number of amides is 1. The monoisotopic (exact) mass is 259 g/mol. The van der Waals surface area contributed by atoms with Crippen molar-refractivity contribution in [1.82, 2.24) is 4.90 Å². The van der Waals surface area contributed by atoms with E-state index in [9.17, 15) is 4.79 Å². The van der Waals surface area contributed by atoms with Gasteiger partial charge in [-0.15, -0.1) is 0 Å². The summed E-state index contributed by atoms with van der Waals surface area (Å²) in [6.07, 6.45) is 5.86. The Balaban J connectivity index is 2.03. The van der Waals surface area contributed by atoms with E-state index in [1.807, 2.05) is 11.9 Å². The van der Waals surface area contributed by atoms with Gasteiger partial charge >= 0.3 is 0 Å². The van der Waals surface area contributed by atoms with Crippen LogP contribution in [0.25, 0.3) is 0 Å². The Bertz CT molecular complexity index is 417. The molecular weight excluding hydrogens is 234 g/mol. The highest BCUT2D eigenvalue weighted by Gasteiger charge is 2.26. The molecule has 1 aliphatic carbocycles. The lowest BCUT2D eigenvalue weighted by Gasteiger charge is -2.31. The number of carbonyl (C=O) groups is 1. The number of rotatable bonds is 3. The second-order valence-electron chi connectivity index (χ2n) is 5.87. The highest BCUT2D eigenvalue weighted by molar-refractivity contribution is 5.79. The van der Waals surface area contributed by atoms with E-state index in [0.717, 1.165) is 12.8 Å². The van der Waals surface area contributed by atoms with Crippen LogP contribution in [0.15, 0.2) is 24.3 Å². The number of nitrogens with zero attached hydrogens (tertiary/aromatic N) is 1. The predicted molar refractivity (Wildman–Crippen MR) is 78.9 cm³/mol. The lowest BCUT2D eigenvalue weighted by Crippen LogP contribution is -2.35. The van der Waals surface area contributed by atoms with E-state index in [1.165, 1.54) is 30.4 Å². The maximum Gasteiger partial charge on any atom is 0.225 e. The summed E-state index contributed by atoms with van der Waals surface area (Å²) in [6.45, 7) is 4.21. The molecule has 0 aliphatic heterocycles. The Labute approximate surface area is 116 Å². The first-order valence-electron chi connectivity index (χ1n) is 7.43. The minimum absolute atomic E-state index is 0.162. The van der Waals surface area contributed by atoms with Gasteiger partial charge in [-0.2, -0.15) is 0 Å². The first kappa shape index (κ1) is 14.1. The Morgan fingerprint density at radius 3 is 2.32 bits per heavy atom. The van der Waals surface area contributed by atoms with Gasteiger partial charge < -0.3 is 4.90 Å². The van der Waals surface area contributed by atoms with Crippen LogP contribution in [-0.2, 0) is 4.79 Å². The lowest BCUT2D eigenvalue weighted by atomic mass is 9.88. The quantitative estimate of drug-likeness (QED) is 0.800. The number of aryl methyl sites for hydroxylation is 1. The van der Waals surface area contributed by atoms with Crippen molar-refractivity contribution < 1.29 is 4.79 Å². The highest BCUT2D eigenvalue weighted by Crippen LogP contribution is 2.28. The zero-order valence-electron chi connectivity index (χ0n) is 12.4. The molecule has 2 heteroatoms. The summed E-state index contributed by atoms with van der Waals surface area (Å²) in [7, 11) is 1.95. The molecule has 1 unspecified atom stereocenters. The summed E-state index contributed by atoms with van der Waals surface area (Å²) in [5, 5.41) is 0. The van der Waals surface area contributed by atoms with Crippen LogP contribution in [0, 0.1) is 12.8 Å². The van der Waals surface area contributed by atoms with Crippen molar-refractivity contribution in [3.63, 3.8) is 0 Å². The molecule has 0 saturated heterocycles. The molecule has 104 valence electrons. The van der Waals surface area contributed by atoms with Crippen LogP contribution in [0.2, 0.25) is 0 Å². The molecule has 2 rings (SSSR count). The number of hydrogen-bond acceptors (Lipinski definition) is 1. The molecule has 0 radical (unpaired) electrons. The molecule has 19 heavy (non-hydrogen) atoms. The largest absolute Gasteiger partial charge is 0.339 e. The van der Waals surface area contributed by atoms with Crippen molar-refractivity contribution in [1.29, 1.82) is 0 Å². The molecule has 1 amide bonds. The van der Waals surface area contributed by atoms with Crippen LogP contribution in [0.3, 0.4) is 0 Å². The van der Waals surface area contributed by atoms with Crippen molar-refractivity contribution in [2.75, 3.05) is 7.05 Å². The van der Waals surface area contributed by atoms with Gasteiger partial charge in [0, 0.05) is 13.0 Å². The first-order valence-corrected chi connectivity index (χ1v) is 7.43. The van der Waals surface area contributed by atoms with Crippen LogP contribution < -0.4 is 0 Å². The summed E-state index contributed by atoms with van der Waals surface area (Å²) < 4.78 is 0. The Kier molecular flexibility index (Phi) is 4.62. The van der Waals surface area contributed by atoms with Crippen molar-refractivity contribution in [3.05, 3.63) is 35.4 Å². The smallest absolute Gasteiger partial charge is 0.225 e. The fourth-order valence-electron chi connectivity index (χ4n) is 2.90. The van der Waals surface area contributed by atoms with Gasteiger partial charge in [-0.1, -0.05) is 49.1 Å². The molecule has 1 atom stereocenters. The van der Waals surface area contributed by atoms with E-state index in [0.29, 0.717) is 5.91 Å². The Hall–Kier alpha value is -1.31. The van der Waals surface area contributed by atoms with E-state index in [-0.39, 0.29) is 12.0 Å². The second kappa shape index (κ2) is 6.23. The third-order valence-corrected chi connectivity index (χ3v) is 4.44. The lowest BCUT2D eigenvalue weighted by molar-refractivity contribution is -0.137. The molecule has 1 aromatic carbocycles. The van der Waals surface area contributed by atoms with Crippen molar-refractivity contribution in [2.24, 2.45) is 5.92 Å². The van der Waals surface area contributed by atoms with Crippen molar-refractivity contribution in [3.8, 4) is 0 Å². The summed E-state index contributed by atoms with van der Waals surface area (Å²) >= 11 is 0. The van der Waals surface area contributed by atoms with E-state index >= 15 is 0 Å². The average molecular weight is 259 g/mol. The molecule has 1 aromatic rings. The molecule has 1 saturated carbocycles. The van der Waals surface area contributed by atoms with Gasteiger partial charge in [0.05, 0.1) is 6.04 Å². The minimum Gasteiger partial charge on any atom is -0.339 e. The third kappa shape index (κ3) is 3.37. The number of hydrogen-bond donors (Lipinski definition) is 0. The van der Waals surface area contributed by atoms with Gasteiger partial charge in [-0.25, -0.2) is 0 Å². The number of benzene rings is 1. The first-order chi connectivity index (χ1) is 9.09. The van der Waals surface area contributed by atoms with Crippen molar-refractivity contribution >= 4 is 5.91 Å². The van der Waals surface area contributed by atoms with E-state index in [4.69, 9.17) is 0 Å². The normalized spacial score (nSPS) is 18.1. The number of carbonyl (C=O) groups excluding carboxylic acids is 1. The highest BCUT2D eigenvalue weighted by atomic mass is 16.2. The molecule has 0 spiro atoms.